The van der Waals surface area contributed by atoms with Gasteiger partial charge in [0.25, 0.3) is 5.91 Å². The molecule has 0 saturated carbocycles. The van der Waals surface area contributed by atoms with Crippen LogP contribution in [0.1, 0.15) is 55.2 Å². The number of hydrogen-bond donors (Lipinski definition) is 0. The third-order valence-electron chi connectivity index (χ3n) is 5.03. The predicted molar refractivity (Wildman–Crippen MR) is 94.5 cm³/mol. The Morgan fingerprint density at radius 1 is 1.25 bits per heavy atom. The van der Waals surface area contributed by atoms with Gasteiger partial charge in [-0.15, -0.1) is 5.10 Å². The van der Waals surface area contributed by atoms with Crippen LogP contribution >= 0.6 is 0 Å². The van der Waals surface area contributed by atoms with Crippen molar-refractivity contribution in [2.24, 2.45) is 5.92 Å². The zero-order valence-corrected chi connectivity index (χ0v) is 15.5. The molecule has 2 aromatic rings. The van der Waals surface area contributed by atoms with Crippen LogP contribution in [0.2, 0.25) is 0 Å². The summed E-state index contributed by atoms with van der Waals surface area (Å²) in [7, 11) is 0. The van der Waals surface area contributed by atoms with Crippen molar-refractivity contribution in [2.75, 3.05) is 13.1 Å². The third-order valence-corrected chi connectivity index (χ3v) is 5.03. The van der Waals surface area contributed by atoms with Gasteiger partial charge in [0.2, 0.25) is 0 Å². The first-order chi connectivity index (χ1) is 13.3. The molecule has 0 spiro atoms. The van der Waals surface area contributed by atoms with Gasteiger partial charge in [-0.3, -0.25) is 4.79 Å². The Morgan fingerprint density at radius 3 is 2.71 bits per heavy atom. The Labute approximate surface area is 160 Å². The lowest BCUT2D eigenvalue weighted by atomic mass is 9.96. The molecule has 1 fully saturated rings. The second-order valence-electron chi connectivity index (χ2n) is 7.05. The topological polar surface area (TPSA) is 51.0 Å². The number of alkyl halides is 3. The number of likely N-dealkylation sites (tertiary alicyclic amines) is 1. The van der Waals surface area contributed by atoms with Crippen LogP contribution < -0.4 is 0 Å². The van der Waals surface area contributed by atoms with E-state index in [-0.39, 0.29) is 5.69 Å². The molecule has 1 amide bonds. The highest BCUT2D eigenvalue weighted by Crippen LogP contribution is 2.34. The Kier molecular flexibility index (Phi) is 6.00. The van der Waals surface area contributed by atoms with E-state index in [9.17, 15) is 22.4 Å². The zero-order valence-electron chi connectivity index (χ0n) is 15.5. The summed E-state index contributed by atoms with van der Waals surface area (Å²) in [6, 6.07) is 4.59. The smallest absolute Gasteiger partial charge is 0.337 e. The minimum absolute atomic E-state index is 0.141. The van der Waals surface area contributed by atoms with Crippen LogP contribution in [0.3, 0.4) is 0 Å². The van der Waals surface area contributed by atoms with Crippen LogP contribution in [0, 0.1) is 11.7 Å². The quantitative estimate of drug-likeness (QED) is 0.714. The molecular weight excluding hydrogens is 376 g/mol. The minimum atomic E-state index is -4.86. The molecule has 0 aliphatic carbocycles. The maximum atomic E-state index is 13.7. The molecule has 1 aliphatic rings. The van der Waals surface area contributed by atoms with Crippen LogP contribution in [0.4, 0.5) is 17.6 Å². The molecule has 0 radical (unpaired) electrons. The predicted octanol–water partition coefficient (Wildman–Crippen LogP) is 4.47. The lowest BCUT2D eigenvalue weighted by molar-refractivity contribution is -0.143. The van der Waals surface area contributed by atoms with E-state index in [0.717, 1.165) is 44.2 Å². The average molecular weight is 398 g/mol. The Bertz CT molecular complexity index is 834. The molecule has 1 aromatic heterocycles. The van der Waals surface area contributed by atoms with Crippen molar-refractivity contribution in [3.63, 3.8) is 0 Å². The van der Waals surface area contributed by atoms with Gasteiger partial charge in [-0.2, -0.15) is 13.2 Å². The van der Waals surface area contributed by atoms with Gasteiger partial charge in [0.1, 0.15) is 5.82 Å². The molecule has 0 N–H and O–H groups in total. The second kappa shape index (κ2) is 8.28. The Morgan fingerprint density at radius 2 is 2.04 bits per heavy atom. The molecular formula is C19H22F4N4O. The van der Waals surface area contributed by atoms with Gasteiger partial charge in [-0.25, -0.2) is 9.07 Å². The van der Waals surface area contributed by atoms with Gasteiger partial charge in [-0.05, 0) is 43.4 Å². The van der Waals surface area contributed by atoms with E-state index >= 15 is 0 Å². The lowest BCUT2D eigenvalue weighted by Gasteiger charge is -2.20. The van der Waals surface area contributed by atoms with Crippen molar-refractivity contribution in [1.82, 2.24) is 19.9 Å². The summed E-state index contributed by atoms with van der Waals surface area (Å²) in [5, 5.41) is 7.04. The van der Waals surface area contributed by atoms with Gasteiger partial charge in [-0.1, -0.05) is 31.0 Å². The molecule has 1 aliphatic heterocycles. The number of rotatable bonds is 4. The fourth-order valence-corrected chi connectivity index (χ4v) is 3.68. The first kappa shape index (κ1) is 20.3. The van der Waals surface area contributed by atoms with Crippen molar-refractivity contribution in [1.29, 1.82) is 0 Å². The van der Waals surface area contributed by atoms with E-state index in [1.807, 2.05) is 0 Å². The lowest BCUT2D eigenvalue weighted by Crippen LogP contribution is -2.34. The summed E-state index contributed by atoms with van der Waals surface area (Å²) in [6.45, 7) is 2.88. The Balaban J connectivity index is 1.92. The van der Waals surface area contributed by atoms with E-state index in [1.165, 1.54) is 17.0 Å². The fraction of sp³-hybridized carbons (Fsp3) is 0.526. The van der Waals surface area contributed by atoms with Gasteiger partial charge < -0.3 is 4.90 Å². The first-order valence-electron chi connectivity index (χ1n) is 9.39. The largest absolute Gasteiger partial charge is 0.435 e. The average Bonchev–Trinajstić information content (AvgIpc) is 2.97. The standard InChI is InChI=1S/C19H22F4N4O/c1-2-5-13-6-4-10-26(11-9-13)18(28)16-17(19(21,22)23)27(25-24-16)15-8-3-7-14(20)12-15/h3,7-8,12-13H,2,4-6,9-11H2,1H3. The van der Waals surface area contributed by atoms with Gasteiger partial charge in [0.05, 0.1) is 5.69 Å². The normalized spacial score (nSPS) is 18.2. The summed E-state index contributed by atoms with van der Waals surface area (Å²) in [6.07, 6.45) is -0.309. The second-order valence-corrected chi connectivity index (χ2v) is 7.05. The molecule has 28 heavy (non-hydrogen) atoms. The fourth-order valence-electron chi connectivity index (χ4n) is 3.68. The number of carbonyl (C=O) groups is 1. The zero-order chi connectivity index (χ0) is 20.3. The number of hydrogen-bond acceptors (Lipinski definition) is 3. The SMILES string of the molecule is CCCC1CCCN(C(=O)c2nnn(-c3cccc(F)c3)c2C(F)(F)F)CC1. The highest BCUT2D eigenvalue weighted by Gasteiger charge is 2.43. The molecule has 2 heterocycles. The molecule has 3 rings (SSSR count). The Hall–Kier alpha value is -2.45. The molecule has 0 bridgehead atoms. The first-order valence-corrected chi connectivity index (χ1v) is 9.39. The number of aromatic nitrogens is 3. The molecule has 9 heteroatoms. The highest BCUT2D eigenvalue weighted by molar-refractivity contribution is 5.93. The minimum Gasteiger partial charge on any atom is -0.337 e. The maximum absolute atomic E-state index is 13.7. The maximum Gasteiger partial charge on any atom is 0.435 e. The highest BCUT2D eigenvalue weighted by atomic mass is 19.4. The van der Waals surface area contributed by atoms with Crippen molar-refractivity contribution in [3.8, 4) is 5.69 Å². The van der Waals surface area contributed by atoms with Crippen molar-refractivity contribution < 1.29 is 22.4 Å². The number of nitrogens with zero attached hydrogens (tertiary/aromatic N) is 4. The third kappa shape index (κ3) is 4.34. The van der Waals surface area contributed by atoms with Crippen molar-refractivity contribution in [3.05, 3.63) is 41.5 Å². The summed E-state index contributed by atoms with van der Waals surface area (Å²) >= 11 is 0. The van der Waals surface area contributed by atoms with Gasteiger partial charge in [0, 0.05) is 13.1 Å². The molecule has 1 atom stereocenters. The van der Waals surface area contributed by atoms with Crippen molar-refractivity contribution in [2.45, 2.75) is 45.2 Å². The number of carbonyl (C=O) groups excluding carboxylic acids is 1. The van der Waals surface area contributed by atoms with Gasteiger partial charge >= 0.3 is 6.18 Å². The summed E-state index contributed by atoms with van der Waals surface area (Å²) in [5.41, 5.74) is -2.17. The van der Waals surface area contributed by atoms with E-state index in [1.54, 1.807) is 0 Å². The van der Waals surface area contributed by atoms with Crippen LogP contribution in [0.25, 0.3) is 5.69 Å². The number of halogens is 4. The van der Waals surface area contributed by atoms with Crippen LogP contribution in [0.5, 0.6) is 0 Å². The van der Waals surface area contributed by atoms with E-state index in [4.69, 9.17) is 0 Å². The number of amides is 1. The molecule has 5 nitrogen and oxygen atoms in total. The van der Waals surface area contributed by atoms with Gasteiger partial charge in [0.15, 0.2) is 11.4 Å². The monoisotopic (exact) mass is 398 g/mol. The van der Waals surface area contributed by atoms with Crippen molar-refractivity contribution >= 4 is 5.91 Å². The van der Waals surface area contributed by atoms with Crippen LogP contribution in [0.15, 0.2) is 24.3 Å². The van der Waals surface area contributed by atoms with E-state index < -0.39 is 29.3 Å². The molecule has 152 valence electrons. The molecule has 1 aromatic carbocycles. The number of benzene rings is 1. The van der Waals surface area contributed by atoms with Crippen LogP contribution in [-0.4, -0.2) is 38.9 Å². The van der Waals surface area contributed by atoms with Crippen LogP contribution in [-0.2, 0) is 6.18 Å². The molecule has 1 saturated heterocycles. The summed E-state index contributed by atoms with van der Waals surface area (Å²) in [4.78, 5) is 14.3. The van der Waals surface area contributed by atoms with E-state index in [0.29, 0.717) is 23.7 Å². The summed E-state index contributed by atoms with van der Waals surface area (Å²) in [5.74, 6) is -1.01. The molecule has 1 unspecified atom stereocenters. The van der Waals surface area contributed by atoms with E-state index in [2.05, 4.69) is 17.2 Å². The summed E-state index contributed by atoms with van der Waals surface area (Å²) < 4.78 is 55.1.